The van der Waals surface area contributed by atoms with Crippen molar-refractivity contribution in [1.29, 1.82) is 0 Å². The molecule has 0 atom stereocenters. The molecule has 0 spiro atoms. The summed E-state index contributed by atoms with van der Waals surface area (Å²) in [6.07, 6.45) is 0.837. The number of pyridine rings is 1. The summed E-state index contributed by atoms with van der Waals surface area (Å²) >= 11 is 19.4. The molecule has 0 aromatic carbocycles. The standard InChI is InChI=1S/C11H11Cl3N4S/c12-7-5-8(13)11(18-15)17-10(7)16-4-3-6-1-2-9(14)19-6/h1-2,5H,3-4,15H2,(H2,16,17,18). The maximum absolute atomic E-state index is 6.05. The molecule has 2 aromatic heterocycles. The lowest BCUT2D eigenvalue weighted by atomic mass is 10.3. The molecule has 0 unspecified atom stereocenters. The van der Waals surface area contributed by atoms with Crippen LogP contribution in [0.25, 0.3) is 0 Å². The Kier molecular flexibility index (Phi) is 5.13. The minimum absolute atomic E-state index is 0.378. The van der Waals surface area contributed by atoms with E-state index in [0.717, 1.165) is 10.8 Å². The second-order valence-electron chi connectivity index (χ2n) is 3.68. The van der Waals surface area contributed by atoms with Gasteiger partial charge >= 0.3 is 0 Å². The molecule has 0 aliphatic carbocycles. The van der Waals surface area contributed by atoms with E-state index in [9.17, 15) is 0 Å². The Hall–Kier alpha value is -0.720. The minimum Gasteiger partial charge on any atom is -0.368 e. The highest BCUT2D eigenvalue weighted by Crippen LogP contribution is 2.28. The summed E-state index contributed by atoms with van der Waals surface area (Å²) in [4.78, 5) is 5.39. The van der Waals surface area contributed by atoms with Gasteiger partial charge in [0.25, 0.3) is 0 Å². The van der Waals surface area contributed by atoms with Crippen molar-refractivity contribution in [2.24, 2.45) is 5.84 Å². The van der Waals surface area contributed by atoms with E-state index in [1.165, 1.54) is 4.88 Å². The highest BCUT2D eigenvalue weighted by molar-refractivity contribution is 7.16. The van der Waals surface area contributed by atoms with Gasteiger partial charge in [0.15, 0.2) is 5.82 Å². The van der Waals surface area contributed by atoms with Crippen LogP contribution in [0.3, 0.4) is 0 Å². The topological polar surface area (TPSA) is 63.0 Å². The number of nitrogens with zero attached hydrogens (tertiary/aromatic N) is 1. The number of nitrogens with two attached hydrogens (primary N) is 1. The Morgan fingerprint density at radius 1 is 1.16 bits per heavy atom. The fourth-order valence-electron chi connectivity index (χ4n) is 1.48. The Morgan fingerprint density at radius 2 is 1.89 bits per heavy atom. The fourth-order valence-corrected chi connectivity index (χ4v) is 3.05. The molecule has 4 nitrogen and oxygen atoms in total. The van der Waals surface area contributed by atoms with Gasteiger partial charge in [0.2, 0.25) is 0 Å². The van der Waals surface area contributed by atoms with Crippen molar-refractivity contribution in [3.05, 3.63) is 37.5 Å². The minimum atomic E-state index is 0.378. The van der Waals surface area contributed by atoms with E-state index in [1.54, 1.807) is 17.4 Å². The molecule has 0 fully saturated rings. The number of anilines is 2. The van der Waals surface area contributed by atoms with E-state index in [1.807, 2.05) is 12.1 Å². The van der Waals surface area contributed by atoms with E-state index in [0.29, 0.717) is 28.2 Å². The molecule has 2 rings (SSSR count). The van der Waals surface area contributed by atoms with Crippen LogP contribution in [0, 0.1) is 0 Å². The average molecular weight is 338 g/mol. The van der Waals surface area contributed by atoms with Crippen LogP contribution < -0.4 is 16.6 Å². The summed E-state index contributed by atoms with van der Waals surface area (Å²) in [5, 5.41) is 3.97. The molecule has 2 aromatic rings. The smallest absolute Gasteiger partial charge is 0.161 e. The van der Waals surface area contributed by atoms with Gasteiger partial charge in [-0.15, -0.1) is 11.3 Å². The van der Waals surface area contributed by atoms with Crippen molar-refractivity contribution in [3.8, 4) is 0 Å². The summed E-state index contributed by atoms with van der Waals surface area (Å²) in [5.74, 6) is 6.24. The van der Waals surface area contributed by atoms with E-state index >= 15 is 0 Å². The van der Waals surface area contributed by atoms with Crippen LogP contribution in [0.2, 0.25) is 14.4 Å². The lowest BCUT2D eigenvalue weighted by molar-refractivity contribution is 1.03. The summed E-state index contributed by atoms with van der Waals surface area (Å²) in [6, 6.07) is 5.47. The predicted molar refractivity (Wildman–Crippen MR) is 83.6 cm³/mol. The normalized spacial score (nSPS) is 10.5. The van der Waals surface area contributed by atoms with Gasteiger partial charge in [-0.2, -0.15) is 0 Å². The summed E-state index contributed by atoms with van der Waals surface area (Å²) in [5.41, 5.74) is 2.42. The molecule has 0 aliphatic rings. The van der Waals surface area contributed by atoms with E-state index in [4.69, 9.17) is 40.6 Å². The Labute approximate surface area is 129 Å². The summed E-state index contributed by atoms with van der Waals surface area (Å²) in [6.45, 7) is 0.690. The summed E-state index contributed by atoms with van der Waals surface area (Å²) < 4.78 is 0.785. The fraction of sp³-hybridized carbons (Fsp3) is 0.182. The van der Waals surface area contributed by atoms with Crippen LogP contribution >= 0.6 is 46.1 Å². The zero-order valence-corrected chi connectivity index (χ0v) is 12.8. The molecular formula is C11H11Cl3N4S. The molecule has 19 heavy (non-hydrogen) atoms. The third-order valence-corrected chi connectivity index (χ3v) is 4.23. The van der Waals surface area contributed by atoms with E-state index in [-0.39, 0.29) is 0 Å². The SMILES string of the molecule is NNc1nc(NCCc2ccc(Cl)s2)c(Cl)cc1Cl. The number of hydrogen-bond acceptors (Lipinski definition) is 5. The molecule has 8 heteroatoms. The van der Waals surface area contributed by atoms with Crippen LogP contribution in [0.5, 0.6) is 0 Å². The maximum atomic E-state index is 6.05. The van der Waals surface area contributed by atoms with Crippen molar-refractivity contribution < 1.29 is 0 Å². The van der Waals surface area contributed by atoms with Gasteiger partial charge < -0.3 is 10.7 Å². The third-order valence-electron chi connectivity index (χ3n) is 2.36. The van der Waals surface area contributed by atoms with E-state index < -0.39 is 0 Å². The Balaban J connectivity index is 1.99. The van der Waals surface area contributed by atoms with Gasteiger partial charge in [-0.3, -0.25) is 0 Å². The first-order valence-electron chi connectivity index (χ1n) is 5.41. The highest BCUT2D eigenvalue weighted by Gasteiger charge is 2.08. The number of hydrazine groups is 1. The third kappa shape index (κ3) is 3.87. The number of halogens is 3. The number of rotatable bonds is 5. The van der Waals surface area contributed by atoms with Gasteiger partial charge in [0, 0.05) is 11.4 Å². The molecule has 0 bridgehead atoms. The monoisotopic (exact) mass is 336 g/mol. The second kappa shape index (κ2) is 6.63. The largest absolute Gasteiger partial charge is 0.368 e. The number of nitrogens with one attached hydrogen (secondary N) is 2. The zero-order chi connectivity index (χ0) is 13.8. The van der Waals surface area contributed by atoms with Gasteiger partial charge in [0.05, 0.1) is 14.4 Å². The van der Waals surface area contributed by atoms with Crippen molar-refractivity contribution in [1.82, 2.24) is 4.98 Å². The molecule has 0 amide bonds. The second-order valence-corrected chi connectivity index (χ2v) is 6.29. The Morgan fingerprint density at radius 3 is 2.53 bits per heavy atom. The van der Waals surface area contributed by atoms with Crippen LogP contribution in [0.15, 0.2) is 18.2 Å². The van der Waals surface area contributed by atoms with Gasteiger partial charge in [-0.1, -0.05) is 34.8 Å². The molecule has 0 saturated heterocycles. The quantitative estimate of drug-likeness (QED) is 0.569. The zero-order valence-electron chi connectivity index (χ0n) is 9.71. The van der Waals surface area contributed by atoms with Gasteiger partial charge in [-0.25, -0.2) is 10.8 Å². The van der Waals surface area contributed by atoms with Crippen LogP contribution in [0.4, 0.5) is 11.6 Å². The van der Waals surface area contributed by atoms with Crippen molar-refractivity contribution in [3.63, 3.8) is 0 Å². The number of hydrogen-bond donors (Lipinski definition) is 3. The highest BCUT2D eigenvalue weighted by atomic mass is 35.5. The Bertz CT molecular complexity index is 573. The number of aromatic nitrogens is 1. The van der Waals surface area contributed by atoms with Crippen LogP contribution in [-0.2, 0) is 6.42 Å². The van der Waals surface area contributed by atoms with E-state index in [2.05, 4.69) is 15.7 Å². The first-order chi connectivity index (χ1) is 9.10. The molecular weight excluding hydrogens is 327 g/mol. The van der Waals surface area contributed by atoms with Crippen LogP contribution in [0.1, 0.15) is 4.88 Å². The number of thiophene rings is 1. The molecule has 102 valence electrons. The van der Waals surface area contributed by atoms with Crippen LogP contribution in [-0.4, -0.2) is 11.5 Å². The predicted octanol–water partition coefficient (Wildman–Crippen LogP) is 4.04. The maximum Gasteiger partial charge on any atom is 0.161 e. The molecule has 4 N–H and O–H groups in total. The molecule has 0 radical (unpaired) electrons. The molecule has 0 aliphatic heterocycles. The van der Waals surface area contributed by atoms with Gasteiger partial charge in [0.1, 0.15) is 5.82 Å². The first-order valence-corrected chi connectivity index (χ1v) is 7.36. The van der Waals surface area contributed by atoms with Crippen molar-refractivity contribution in [2.75, 3.05) is 17.3 Å². The number of nitrogen functional groups attached to an aromatic ring is 1. The van der Waals surface area contributed by atoms with Gasteiger partial charge in [-0.05, 0) is 24.6 Å². The van der Waals surface area contributed by atoms with Crippen molar-refractivity contribution >= 4 is 57.8 Å². The summed E-state index contributed by atoms with van der Waals surface area (Å²) in [7, 11) is 0. The first kappa shape index (κ1) is 14.7. The molecule has 2 heterocycles. The lowest BCUT2D eigenvalue weighted by Crippen LogP contribution is -2.12. The van der Waals surface area contributed by atoms with Crippen molar-refractivity contribution in [2.45, 2.75) is 6.42 Å². The molecule has 0 saturated carbocycles. The lowest BCUT2D eigenvalue weighted by Gasteiger charge is -2.10. The average Bonchev–Trinajstić information content (AvgIpc) is 2.78.